The highest BCUT2D eigenvalue weighted by Gasteiger charge is 2.25. The molecule has 0 aromatic rings. The Morgan fingerprint density at radius 2 is 2.00 bits per heavy atom. The van der Waals surface area contributed by atoms with Crippen LogP contribution in [0.3, 0.4) is 0 Å². The molecule has 1 fully saturated rings. The first-order chi connectivity index (χ1) is 7.55. The molecule has 1 rings (SSSR count). The number of nitrogens with two attached hydrogens (primary N) is 1. The van der Waals surface area contributed by atoms with Gasteiger partial charge in [0.05, 0.1) is 0 Å². The predicted octanol–water partition coefficient (Wildman–Crippen LogP) is 3.16. The van der Waals surface area contributed by atoms with E-state index >= 15 is 0 Å². The van der Waals surface area contributed by atoms with Crippen LogP contribution in [0.1, 0.15) is 65.7 Å². The zero-order chi connectivity index (χ0) is 12.0. The Hall–Kier alpha value is -0.0800. The fourth-order valence-electron chi connectivity index (χ4n) is 2.63. The molecular formula is C14H30N2. The van der Waals surface area contributed by atoms with E-state index in [2.05, 4.69) is 25.7 Å². The third kappa shape index (κ3) is 4.84. The van der Waals surface area contributed by atoms with Gasteiger partial charge in [-0.25, -0.2) is 0 Å². The fourth-order valence-corrected chi connectivity index (χ4v) is 2.63. The van der Waals surface area contributed by atoms with Crippen LogP contribution in [0.25, 0.3) is 0 Å². The van der Waals surface area contributed by atoms with Crippen LogP contribution < -0.4 is 5.73 Å². The van der Waals surface area contributed by atoms with E-state index < -0.39 is 0 Å². The second kappa shape index (κ2) is 6.61. The molecule has 1 saturated heterocycles. The highest BCUT2D eigenvalue weighted by molar-refractivity contribution is 4.84. The highest BCUT2D eigenvalue weighted by atomic mass is 15.2. The zero-order valence-electron chi connectivity index (χ0n) is 11.5. The summed E-state index contributed by atoms with van der Waals surface area (Å²) >= 11 is 0. The van der Waals surface area contributed by atoms with Crippen LogP contribution in [0.2, 0.25) is 0 Å². The molecule has 2 unspecified atom stereocenters. The molecule has 0 aromatic carbocycles. The van der Waals surface area contributed by atoms with E-state index in [1.807, 2.05) is 0 Å². The van der Waals surface area contributed by atoms with Gasteiger partial charge in [-0.1, -0.05) is 26.2 Å². The van der Waals surface area contributed by atoms with Gasteiger partial charge in [0.2, 0.25) is 0 Å². The average Bonchev–Trinajstić information content (AvgIpc) is 2.39. The summed E-state index contributed by atoms with van der Waals surface area (Å²) in [5.74, 6) is 0. The lowest BCUT2D eigenvalue weighted by Crippen LogP contribution is -2.38. The molecule has 2 heteroatoms. The van der Waals surface area contributed by atoms with Crippen molar-refractivity contribution in [2.75, 3.05) is 13.1 Å². The third-order valence-electron chi connectivity index (χ3n) is 4.01. The Balaban J connectivity index is 2.30. The van der Waals surface area contributed by atoms with Crippen molar-refractivity contribution in [3.63, 3.8) is 0 Å². The molecule has 0 amide bonds. The van der Waals surface area contributed by atoms with Crippen LogP contribution in [-0.2, 0) is 0 Å². The Kier molecular flexibility index (Phi) is 5.77. The second-order valence-corrected chi connectivity index (χ2v) is 5.89. The SMILES string of the molecule is CCCCCC(C)N1CCCC(C)(N)CC1. The minimum atomic E-state index is 0.0812. The molecule has 2 atom stereocenters. The first-order valence-corrected chi connectivity index (χ1v) is 7.08. The van der Waals surface area contributed by atoms with E-state index in [0.29, 0.717) is 0 Å². The van der Waals surface area contributed by atoms with Gasteiger partial charge in [-0.2, -0.15) is 0 Å². The van der Waals surface area contributed by atoms with Gasteiger partial charge in [-0.3, -0.25) is 0 Å². The second-order valence-electron chi connectivity index (χ2n) is 5.89. The van der Waals surface area contributed by atoms with Crippen molar-refractivity contribution in [2.45, 2.75) is 77.3 Å². The number of rotatable bonds is 5. The number of hydrogen-bond acceptors (Lipinski definition) is 2. The van der Waals surface area contributed by atoms with E-state index in [4.69, 9.17) is 5.73 Å². The van der Waals surface area contributed by atoms with Crippen molar-refractivity contribution in [3.05, 3.63) is 0 Å². The molecule has 0 saturated carbocycles. The highest BCUT2D eigenvalue weighted by Crippen LogP contribution is 2.21. The van der Waals surface area contributed by atoms with Crippen molar-refractivity contribution in [2.24, 2.45) is 5.73 Å². The van der Waals surface area contributed by atoms with Gasteiger partial charge in [0.25, 0.3) is 0 Å². The van der Waals surface area contributed by atoms with Crippen LogP contribution in [0, 0.1) is 0 Å². The van der Waals surface area contributed by atoms with Gasteiger partial charge in [0.1, 0.15) is 0 Å². The molecule has 1 aliphatic rings. The molecule has 2 nitrogen and oxygen atoms in total. The van der Waals surface area contributed by atoms with Gasteiger partial charge < -0.3 is 10.6 Å². The van der Waals surface area contributed by atoms with Crippen LogP contribution in [-0.4, -0.2) is 29.6 Å². The number of nitrogens with zero attached hydrogens (tertiary/aromatic N) is 1. The summed E-state index contributed by atoms with van der Waals surface area (Å²) in [4.78, 5) is 2.65. The molecular weight excluding hydrogens is 196 g/mol. The molecule has 0 bridgehead atoms. The van der Waals surface area contributed by atoms with Crippen molar-refractivity contribution in [3.8, 4) is 0 Å². The molecule has 0 aromatic heterocycles. The van der Waals surface area contributed by atoms with Gasteiger partial charge in [0, 0.05) is 18.1 Å². The van der Waals surface area contributed by atoms with Gasteiger partial charge in [0.15, 0.2) is 0 Å². The summed E-state index contributed by atoms with van der Waals surface area (Å²) in [6.45, 7) is 9.31. The molecule has 96 valence electrons. The van der Waals surface area contributed by atoms with Crippen LogP contribution in [0.4, 0.5) is 0 Å². The first-order valence-electron chi connectivity index (χ1n) is 7.08. The lowest BCUT2D eigenvalue weighted by atomic mass is 9.95. The van der Waals surface area contributed by atoms with E-state index in [0.717, 1.165) is 12.5 Å². The maximum absolute atomic E-state index is 6.24. The van der Waals surface area contributed by atoms with E-state index in [-0.39, 0.29) is 5.54 Å². The summed E-state index contributed by atoms with van der Waals surface area (Å²) in [7, 11) is 0. The van der Waals surface area contributed by atoms with Crippen molar-refractivity contribution in [1.82, 2.24) is 4.90 Å². The van der Waals surface area contributed by atoms with Gasteiger partial charge in [-0.15, -0.1) is 0 Å². The number of unbranched alkanes of at least 4 members (excludes halogenated alkanes) is 2. The monoisotopic (exact) mass is 226 g/mol. The Bertz CT molecular complexity index is 189. The summed E-state index contributed by atoms with van der Waals surface area (Å²) in [6.07, 6.45) is 9.06. The maximum Gasteiger partial charge on any atom is 0.0138 e. The smallest absolute Gasteiger partial charge is 0.0138 e. The standard InChI is InChI=1S/C14H30N2/c1-4-5-6-8-13(2)16-11-7-9-14(3,15)10-12-16/h13H,4-12,15H2,1-3H3. The summed E-state index contributed by atoms with van der Waals surface area (Å²) < 4.78 is 0. The Morgan fingerprint density at radius 3 is 2.69 bits per heavy atom. The average molecular weight is 226 g/mol. The van der Waals surface area contributed by atoms with E-state index in [1.54, 1.807) is 0 Å². The number of likely N-dealkylation sites (tertiary alicyclic amines) is 1. The minimum absolute atomic E-state index is 0.0812. The lowest BCUT2D eigenvalue weighted by Gasteiger charge is -2.28. The van der Waals surface area contributed by atoms with Crippen LogP contribution >= 0.6 is 0 Å². The Labute approximate surface area is 102 Å². The van der Waals surface area contributed by atoms with Crippen molar-refractivity contribution < 1.29 is 0 Å². The fraction of sp³-hybridized carbons (Fsp3) is 1.00. The maximum atomic E-state index is 6.24. The quantitative estimate of drug-likeness (QED) is 0.730. The first kappa shape index (κ1) is 14.0. The third-order valence-corrected chi connectivity index (χ3v) is 4.01. The van der Waals surface area contributed by atoms with E-state index in [1.165, 1.54) is 51.6 Å². The van der Waals surface area contributed by atoms with E-state index in [9.17, 15) is 0 Å². The molecule has 0 radical (unpaired) electrons. The minimum Gasteiger partial charge on any atom is -0.325 e. The molecule has 16 heavy (non-hydrogen) atoms. The summed E-state index contributed by atoms with van der Waals surface area (Å²) in [6, 6.07) is 0.750. The number of hydrogen-bond donors (Lipinski definition) is 1. The normalized spacial score (nSPS) is 30.0. The van der Waals surface area contributed by atoms with Crippen molar-refractivity contribution in [1.29, 1.82) is 0 Å². The molecule has 1 aliphatic heterocycles. The van der Waals surface area contributed by atoms with Crippen molar-refractivity contribution >= 4 is 0 Å². The Morgan fingerprint density at radius 1 is 1.25 bits per heavy atom. The van der Waals surface area contributed by atoms with Crippen LogP contribution in [0.5, 0.6) is 0 Å². The lowest BCUT2D eigenvalue weighted by molar-refractivity contribution is 0.200. The largest absolute Gasteiger partial charge is 0.325 e. The summed E-state index contributed by atoms with van der Waals surface area (Å²) in [5.41, 5.74) is 6.32. The molecule has 0 spiro atoms. The molecule has 1 heterocycles. The zero-order valence-corrected chi connectivity index (χ0v) is 11.5. The topological polar surface area (TPSA) is 29.3 Å². The molecule has 2 N–H and O–H groups in total. The molecule has 0 aliphatic carbocycles. The van der Waals surface area contributed by atoms with Gasteiger partial charge >= 0.3 is 0 Å². The predicted molar refractivity (Wildman–Crippen MR) is 71.6 cm³/mol. The van der Waals surface area contributed by atoms with Crippen LogP contribution in [0.15, 0.2) is 0 Å². The van der Waals surface area contributed by atoms with Gasteiger partial charge in [-0.05, 0) is 46.1 Å². The summed E-state index contributed by atoms with van der Waals surface area (Å²) in [5, 5.41) is 0.